The Balaban J connectivity index is 1.26. The first-order chi connectivity index (χ1) is 21.4. The van der Waals surface area contributed by atoms with Crippen LogP contribution in [-0.4, -0.2) is 129 Å². The van der Waals surface area contributed by atoms with Gasteiger partial charge in [-0.3, -0.25) is 15.1 Å². The first kappa shape index (κ1) is 29.9. The summed E-state index contributed by atoms with van der Waals surface area (Å²) < 4.78 is 1.38. The lowest BCUT2D eigenvalue weighted by molar-refractivity contribution is 0.0692. The highest BCUT2D eigenvalue weighted by atomic mass is 16.2. The van der Waals surface area contributed by atoms with Crippen molar-refractivity contribution in [3.05, 3.63) is 47.5 Å². The van der Waals surface area contributed by atoms with E-state index in [-0.39, 0.29) is 35.3 Å². The maximum absolute atomic E-state index is 14.1. The van der Waals surface area contributed by atoms with E-state index in [0.717, 1.165) is 77.9 Å². The van der Waals surface area contributed by atoms with Crippen molar-refractivity contribution in [1.82, 2.24) is 44.1 Å². The number of anilines is 1. The molecule has 0 atom stereocenters. The number of hydrazine groups is 1. The number of nitrogens with one attached hydrogen (secondary N) is 1. The predicted molar refractivity (Wildman–Crippen MR) is 166 cm³/mol. The summed E-state index contributed by atoms with van der Waals surface area (Å²) in [4.78, 5) is 49.5. The molecule has 0 unspecified atom stereocenters. The van der Waals surface area contributed by atoms with E-state index in [2.05, 4.69) is 42.1 Å². The minimum absolute atomic E-state index is 0.0501. The van der Waals surface area contributed by atoms with Gasteiger partial charge in [0.2, 0.25) is 5.82 Å². The van der Waals surface area contributed by atoms with Gasteiger partial charge < -0.3 is 14.7 Å². The molecule has 2 aromatic heterocycles. The molecule has 0 radical (unpaired) electrons. The molecular formula is C31H41N11O2. The second-order valence-corrected chi connectivity index (χ2v) is 12.2. The van der Waals surface area contributed by atoms with Crippen LogP contribution in [0.15, 0.2) is 30.6 Å². The molecule has 2 aliphatic heterocycles. The maximum atomic E-state index is 14.1. The van der Waals surface area contributed by atoms with E-state index in [4.69, 9.17) is 0 Å². The molecule has 0 bridgehead atoms. The van der Waals surface area contributed by atoms with Crippen LogP contribution in [0.1, 0.15) is 53.8 Å². The molecular weight excluding hydrogens is 558 g/mol. The average molecular weight is 600 g/mol. The van der Waals surface area contributed by atoms with Crippen LogP contribution in [0.2, 0.25) is 0 Å². The zero-order valence-electron chi connectivity index (χ0n) is 25.7. The number of imidazole rings is 1. The quantitative estimate of drug-likeness (QED) is 0.422. The van der Waals surface area contributed by atoms with E-state index >= 15 is 0 Å². The van der Waals surface area contributed by atoms with Gasteiger partial charge in [0.1, 0.15) is 12.4 Å². The Morgan fingerprint density at radius 1 is 0.932 bits per heavy atom. The summed E-state index contributed by atoms with van der Waals surface area (Å²) in [6.07, 6.45) is 6.33. The summed E-state index contributed by atoms with van der Waals surface area (Å²) in [5.74, 6) is -0.0272. The fourth-order valence-electron chi connectivity index (χ4n) is 6.24. The minimum atomic E-state index is -0.244. The Morgan fingerprint density at radius 3 is 2.25 bits per heavy atom. The van der Waals surface area contributed by atoms with Gasteiger partial charge in [-0.2, -0.15) is 15.2 Å². The summed E-state index contributed by atoms with van der Waals surface area (Å²) >= 11 is 0. The summed E-state index contributed by atoms with van der Waals surface area (Å²) in [7, 11) is 4.18. The number of aromatic nitrogens is 4. The highest BCUT2D eigenvalue weighted by molar-refractivity contribution is 5.97. The highest BCUT2D eigenvalue weighted by Crippen LogP contribution is 2.27. The van der Waals surface area contributed by atoms with Crippen molar-refractivity contribution in [2.75, 3.05) is 71.9 Å². The van der Waals surface area contributed by atoms with Gasteiger partial charge in [0.05, 0.1) is 6.04 Å². The molecule has 1 aliphatic carbocycles. The molecule has 3 fully saturated rings. The number of piperazine rings is 2. The van der Waals surface area contributed by atoms with Crippen LogP contribution in [0, 0.1) is 11.3 Å². The van der Waals surface area contributed by atoms with Crippen molar-refractivity contribution in [1.29, 1.82) is 5.26 Å². The Hall–Kier alpha value is -4.12. The van der Waals surface area contributed by atoms with Gasteiger partial charge >= 0.3 is 6.03 Å². The number of carbonyl (C=O) groups is 2. The molecule has 1 aromatic carbocycles. The van der Waals surface area contributed by atoms with Gasteiger partial charge in [0.15, 0.2) is 17.0 Å². The largest absolute Gasteiger partial charge is 0.331 e. The lowest BCUT2D eigenvalue weighted by Crippen LogP contribution is -2.48. The van der Waals surface area contributed by atoms with E-state index in [1.165, 1.54) is 16.5 Å². The third kappa shape index (κ3) is 6.52. The normalized spacial score (nSPS) is 19.2. The van der Waals surface area contributed by atoms with Crippen LogP contribution in [0.3, 0.4) is 0 Å². The second-order valence-electron chi connectivity index (χ2n) is 12.2. The monoisotopic (exact) mass is 599 g/mol. The molecule has 1 saturated carbocycles. The maximum Gasteiger partial charge on any atom is 0.331 e. The van der Waals surface area contributed by atoms with Crippen molar-refractivity contribution >= 4 is 28.9 Å². The molecule has 44 heavy (non-hydrogen) atoms. The first-order valence-corrected chi connectivity index (χ1v) is 15.6. The third-order valence-corrected chi connectivity index (χ3v) is 9.06. The molecule has 1 N–H and O–H groups in total. The summed E-state index contributed by atoms with van der Waals surface area (Å²) in [6, 6.07) is 9.57. The number of amides is 2. The standard InChI is InChI=1S/C31H41N11O2/c1-37-12-16-39(17-13-37)21-23-8-10-24(11-9-23)30(43)42(25-6-4-3-5-7-25)36-28-27-29(35-26(20-32)34-28)41(22-33-27)31(44)40-18-14-38(2)15-19-40/h8-11,22,25H,3-7,12-19,21H2,1-2H3,(H,34,35,36). The Bertz CT molecular complexity index is 1510. The van der Waals surface area contributed by atoms with Crippen LogP contribution in [-0.2, 0) is 6.54 Å². The number of likely N-dealkylation sites (N-methyl/N-ethyl adjacent to an activating group) is 2. The second kappa shape index (κ2) is 13.3. The summed E-state index contributed by atoms with van der Waals surface area (Å²) in [6.45, 7) is 7.78. The predicted octanol–water partition coefficient (Wildman–Crippen LogP) is 2.46. The van der Waals surface area contributed by atoms with Crippen LogP contribution < -0.4 is 5.43 Å². The van der Waals surface area contributed by atoms with Crippen LogP contribution in [0.25, 0.3) is 11.2 Å². The fourth-order valence-corrected chi connectivity index (χ4v) is 6.24. The lowest BCUT2D eigenvalue weighted by atomic mass is 9.94. The van der Waals surface area contributed by atoms with Crippen molar-refractivity contribution in [3.8, 4) is 6.07 Å². The molecule has 2 saturated heterocycles. The number of fused-ring (bicyclic) bond motifs is 1. The summed E-state index contributed by atoms with van der Waals surface area (Å²) in [5.41, 5.74) is 5.58. The van der Waals surface area contributed by atoms with Gasteiger partial charge in [-0.15, -0.1) is 0 Å². The molecule has 13 heteroatoms. The van der Waals surface area contributed by atoms with Gasteiger partial charge in [0.25, 0.3) is 5.91 Å². The Kier molecular flexibility index (Phi) is 9.02. The zero-order valence-corrected chi connectivity index (χ0v) is 25.7. The van der Waals surface area contributed by atoms with Crippen LogP contribution >= 0.6 is 0 Å². The SMILES string of the molecule is CN1CCN(Cc2ccc(C(=O)N(Nc3nc(C#N)nc4c3ncn4C(=O)N3CCN(C)CC3)C3CCCCC3)cc2)CC1. The lowest BCUT2D eigenvalue weighted by Gasteiger charge is -2.35. The molecule has 6 rings (SSSR count). The minimum Gasteiger partial charge on any atom is -0.321 e. The molecule has 0 spiro atoms. The number of rotatable bonds is 6. The van der Waals surface area contributed by atoms with Gasteiger partial charge in [0, 0.05) is 64.5 Å². The van der Waals surface area contributed by atoms with E-state index in [1.54, 1.807) is 9.91 Å². The number of carbonyl (C=O) groups excluding carboxylic acids is 2. The highest BCUT2D eigenvalue weighted by Gasteiger charge is 2.30. The molecule has 4 heterocycles. The van der Waals surface area contributed by atoms with Crippen molar-refractivity contribution in [2.24, 2.45) is 0 Å². The molecule has 3 aliphatic rings. The molecule has 232 valence electrons. The Morgan fingerprint density at radius 2 is 1.59 bits per heavy atom. The third-order valence-electron chi connectivity index (χ3n) is 9.06. The molecule has 13 nitrogen and oxygen atoms in total. The number of hydrogen-bond acceptors (Lipinski definition) is 10. The van der Waals surface area contributed by atoms with Crippen LogP contribution in [0.4, 0.5) is 10.6 Å². The van der Waals surface area contributed by atoms with Crippen LogP contribution in [0.5, 0.6) is 0 Å². The smallest absolute Gasteiger partial charge is 0.321 e. The number of nitriles is 1. The van der Waals surface area contributed by atoms with Gasteiger partial charge in [-0.1, -0.05) is 31.4 Å². The molecule has 2 amide bonds. The van der Waals surface area contributed by atoms with Gasteiger partial charge in [-0.25, -0.2) is 19.4 Å². The zero-order chi connectivity index (χ0) is 30.6. The first-order valence-electron chi connectivity index (χ1n) is 15.6. The topological polar surface area (TPSA) is 130 Å². The summed E-state index contributed by atoms with van der Waals surface area (Å²) in [5, 5.41) is 11.4. The van der Waals surface area contributed by atoms with Crippen molar-refractivity contribution in [3.63, 3.8) is 0 Å². The van der Waals surface area contributed by atoms with E-state index in [1.807, 2.05) is 37.4 Å². The fraction of sp³-hybridized carbons (Fsp3) is 0.548. The number of hydrogen-bond donors (Lipinski definition) is 1. The number of nitrogens with zero attached hydrogens (tertiary/aromatic N) is 10. The molecule has 3 aromatic rings. The number of benzene rings is 1. The average Bonchev–Trinajstić information content (AvgIpc) is 3.49. The van der Waals surface area contributed by atoms with Crippen molar-refractivity contribution in [2.45, 2.75) is 44.7 Å². The van der Waals surface area contributed by atoms with E-state index in [0.29, 0.717) is 24.2 Å². The Labute approximate surface area is 258 Å². The van der Waals surface area contributed by atoms with E-state index < -0.39 is 0 Å². The van der Waals surface area contributed by atoms with Crippen molar-refractivity contribution < 1.29 is 9.59 Å². The van der Waals surface area contributed by atoms with Gasteiger partial charge in [-0.05, 0) is 44.6 Å². The van der Waals surface area contributed by atoms with E-state index in [9.17, 15) is 14.9 Å².